The van der Waals surface area contributed by atoms with E-state index in [1.807, 2.05) is 0 Å². The van der Waals surface area contributed by atoms with Crippen molar-refractivity contribution in [2.24, 2.45) is 0 Å². The molecule has 0 bridgehead atoms. The van der Waals surface area contributed by atoms with E-state index >= 15 is 0 Å². The topological polar surface area (TPSA) is 93.5 Å². The third-order valence-corrected chi connectivity index (χ3v) is 3.18. The Balaban J connectivity index is 1.89. The maximum Gasteiger partial charge on any atom is 0.338 e. The zero-order chi connectivity index (χ0) is 16.1. The Kier molecular flexibility index (Phi) is 5.00. The van der Waals surface area contributed by atoms with Gasteiger partial charge in [0.2, 0.25) is 5.91 Å². The van der Waals surface area contributed by atoms with Crippen LogP contribution in [0, 0.1) is 0 Å². The molecule has 1 amide bonds. The number of aromatic carboxylic acids is 1. The second-order valence-electron chi connectivity index (χ2n) is 4.44. The molecule has 0 radical (unpaired) electrons. The number of nitrogens with one attached hydrogen (secondary N) is 1. The molecular formula is C14H14ClN3O4. The number of halogens is 1. The average Bonchev–Trinajstić information content (AvgIpc) is 2.94. The van der Waals surface area contributed by atoms with E-state index in [0.29, 0.717) is 16.5 Å². The molecule has 116 valence electrons. The van der Waals surface area contributed by atoms with Gasteiger partial charge < -0.3 is 15.2 Å². The number of carbonyl (C=O) groups excluding carboxylic acids is 1. The van der Waals surface area contributed by atoms with E-state index in [1.165, 1.54) is 24.2 Å². The van der Waals surface area contributed by atoms with Crippen molar-refractivity contribution in [3.8, 4) is 5.75 Å². The number of methoxy groups -OCH3 is 1. The third-order valence-electron chi connectivity index (χ3n) is 2.88. The summed E-state index contributed by atoms with van der Waals surface area (Å²) in [5.74, 6) is -0.755. The van der Waals surface area contributed by atoms with Crippen LogP contribution in [0.25, 0.3) is 0 Å². The van der Waals surface area contributed by atoms with Crippen molar-refractivity contribution < 1.29 is 19.4 Å². The number of carboxylic acids is 1. The zero-order valence-corrected chi connectivity index (χ0v) is 12.5. The van der Waals surface area contributed by atoms with E-state index in [0.717, 1.165) is 0 Å². The quantitative estimate of drug-likeness (QED) is 0.850. The van der Waals surface area contributed by atoms with Gasteiger partial charge in [0, 0.05) is 24.8 Å². The highest BCUT2D eigenvalue weighted by Crippen LogP contribution is 2.27. The Labute approximate surface area is 131 Å². The summed E-state index contributed by atoms with van der Waals surface area (Å²) in [5.41, 5.74) is 0.643. The number of hydrogen-bond donors (Lipinski definition) is 2. The first-order chi connectivity index (χ1) is 10.5. The first-order valence-electron chi connectivity index (χ1n) is 6.38. The minimum Gasteiger partial charge on any atom is -0.495 e. The molecule has 2 N–H and O–H groups in total. The molecule has 0 aliphatic rings. The highest BCUT2D eigenvalue weighted by atomic mass is 35.5. The molecular weight excluding hydrogens is 310 g/mol. The smallest absolute Gasteiger partial charge is 0.338 e. The minimum absolute atomic E-state index is 0.0855. The predicted molar refractivity (Wildman–Crippen MR) is 80.4 cm³/mol. The standard InChI is InChI=1S/C14H14ClN3O4/c1-22-12-3-2-10(6-11(12)15)17-13(19)4-5-18-8-9(7-16-18)14(20)21/h2-3,6-8H,4-5H2,1H3,(H,17,19)(H,20,21). The molecule has 0 spiro atoms. The van der Waals surface area contributed by atoms with Crippen LogP contribution >= 0.6 is 11.6 Å². The largest absolute Gasteiger partial charge is 0.495 e. The van der Waals surface area contributed by atoms with Crippen molar-refractivity contribution in [2.75, 3.05) is 12.4 Å². The molecule has 0 atom stereocenters. The summed E-state index contributed by atoms with van der Waals surface area (Å²) in [7, 11) is 1.51. The molecule has 0 unspecified atom stereocenters. The number of ether oxygens (including phenoxy) is 1. The molecule has 22 heavy (non-hydrogen) atoms. The lowest BCUT2D eigenvalue weighted by molar-refractivity contribution is -0.116. The number of rotatable bonds is 6. The van der Waals surface area contributed by atoms with Gasteiger partial charge in [-0.3, -0.25) is 9.48 Å². The first-order valence-corrected chi connectivity index (χ1v) is 6.76. The van der Waals surface area contributed by atoms with Crippen LogP contribution in [0.5, 0.6) is 5.75 Å². The van der Waals surface area contributed by atoms with E-state index in [9.17, 15) is 9.59 Å². The van der Waals surface area contributed by atoms with Crippen LogP contribution in [0.3, 0.4) is 0 Å². The van der Waals surface area contributed by atoms with Gasteiger partial charge in [0.25, 0.3) is 0 Å². The van der Waals surface area contributed by atoms with Crippen LogP contribution in [0.2, 0.25) is 5.02 Å². The lowest BCUT2D eigenvalue weighted by Gasteiger charge is -2.08. The number of carbonyl (C=O) groups is 2. The SMILES string of the molecule is COc1ccc(NC(=O)CCn2cc(C(=O)O)cn2)cc1Cl. The van der Waals surface area contributed by atoms with Crippen LogP contribution in [0.1, 0.15) is 16.8 Å². The molecule has 1 aromatic heterocycles. The van der Waals surface area contributed by atoms with E-state index in [-0.39, 0.29) is 24.4 Å². The summed E-state index contributed by atoms with van der Waals surface area (Å²) in [6.07, 6.45) is 2.77. The number of anilines is 1. The van der Waals surface area contributed by atoms with Gasteiger partial charge in [-0.15, -0.1) is 0 Å². The van der Waals surface area contributed by atoms with Gasteiger partial charge in [-0.2, -0.15) is 5.10 Å². The van der Waals surface area contributed by atoms with Crippen LogP contribution in [0.4, 0.5) is 5.69 Å². The van der Waals surface area contributed by atoms with Crippen LogP contribution < -0.4 is 10.1 Å². The van der Waals surface area contributed by atoms with Gasteiger partial charge in [-0.05, 0) is 18.2 Å². The molecule has 0 aliphatic carbocycles. The fraction of sp³-hybridized carbons (Fsp3) is 0.214. The Morgan fingerprint density at radius 1 is 1.45 bits per heavy atom. The fourth-order valence-electron chi connectivity index (χ4n) is 1.78. The van der Waals surface area contributed by atoms with Crippen LogP contribution in [-0.4, -0.2) is 33.9 Å². The average molecular weight is 324 g/mol. The maximum absolute atomic E-state index is 11.8. The summed E-state index contributed by atoms with van der Waals surface area (Å²) < 4.78 is 6.43. The van der Waals surface area contributed by atoms with Crippen LogP contribution in [0.15, 0.2) is 30.6 Å². The van der Waals surface area contributed by atoms with Gasteiger partial charge in [-0.1, -0.05) is 11.6 Å². The van der Waals surface area contributed by atoms with Gasteiger partial charge in [-0.25, -0.2) is 4.79 Å². The highest BCUT2D eigenvalue weighted by Gasteiger charge is 2.09. The summed E-state index contributed by atoms with van der Waals surface area (Å²) in [6.45, 7) is 0.281. The van der Waals surface area contributed by atoms with E-state index in [1.54, 1.807) is 18.2 Å². The number of carboxylic acid groups (broad SMARTS) is 1. The molecule has 0 fully saturated rings. The lowest BCUT2D eigenvalue weighted by atomic mass is 10.3. The Morgan fingerprint density at radius 2 is 2.23 bits per heavy atom. The van der Waals surface area contributed by atoms with E-state index < -0.39 is 5.97 Å². The molecule has 0 aliphatic heterocycles. The normalized spacial score (nSPS) is 10.3. The first kappa shape index (κ1) is 15.8. The number of amides is 1. The molecule has 2 aromatic rings. The van der Waals surface area contributed by atoms with Gasteiger partial charge in [0.1, 0.15) is 5.75 Å². The highest BCUT2D eigenvalue weighted by molar-refractivity contribution is 6.32. The van der Waals surface area contributed by atoms with Gasteiger partial charge >= 0.3 is 5.97 Å². The fourth-order valence-corrected chi connectivity index (χ4v) is 2.04. The molecule has 1 aromatic carbocycles. The Morgan fingerprint density at radius 3 is 2.82 bits per heavy atom. The number of nitrogens with zero attached hydrogens (tertiary/aromatic N) is 2. The summed E-state index contributed by atoms with van der Waals surface area (Å²) in [4.78, 5) is 22.6. The van der Waals surface area contributed by atoms with Crippen molar-refractivity contribution in [1.82, 2.24) is 9.78 Å². The maximum atomic E-state index is 11.8. The Hall–Kier alpha value is -2.54. The second-order valence-corrected chi connectivity index (χ2v) is 4.85. The van der Waals surface area contributed by atoms with Crippen molar-refractivity contribution in [3.63, 3.8) is 0 Å². The molecule has 1 heterocycles. The number of benzene rings is 1. The van der Waals surface area contributed by atoms with Gasteiger partial charge in [0.15, 0.2) is 0 Å². The summed E-state index contributed by atoms with van der Waals surface area (Å²) in [6, 6.07) is 4.93. The lowest BCUT2D eigenvalue weighted by Crippen LogP contribution is -2.14. The minimum atomic E-state index is -1.05. The Bertz CT molecular complexity index is 699. The van der Waals surface area contributed by atoms with Crippen LogP contribution in [-0.2, 0) is 11.3 Å². The summed E-state index contributed by atoms with van der Waals surface area (Å²) in [5, 5.41) is 15.8. The van der Waals surface area contributed by atoms with E-state index in [2.05, 4.69) is 10.4 Å². The van der Waals surface area contributed by atoms with Crippen molar-refractivity contribution in [2.45, 2.75) is 13.0 Å². The van der Waals surface area contributed by atoms with E-state index in [4.69, 9.17) is 21.4 Å². The monoisotopic (exact) mass is 323 g/mol. The molecule has 8 heteroatoms. The number of aromatic nitrogens is 2. The zero-order valence-electron chi connectivity index (χ0n) is 11.7. The van der Waals surface area contributed by atoms with Gasteiger partial charge in [0.05, 0.1) is 23.9 Å². The third kappa shape index (κ3) is 3.98. The van der Waals surface area contributed by atoms with Crippen molar-refractivity contribution >= 4 is 29.2 Å². The number of aryl methyl sites for hydroxylation is 1. The molecule has 2 rings (SSSR count). The molecule has 0 saturated carbocycles. The van der Waals surface area contributed by atoms with Crippen molar-refractivity contribution in [3.05, 3.63) is 41.2 Å². The molecule has 7 nitrogen and oxygen atoms in total. The number of hydrogen-bond acceptors (Lipinski definition) is 4. The predicted octanol–water partition coefficient (Wildman–Crippen LogP) is 2.27. The summed E-state index contributed by atoms with van der Waals surface area (Å²) >= 11 is 5.97. The molecule has 0 saturated heterocycles. The second kappa shape index (κ2) is 6.95. The van der Waals surface area contributed by atoms with Crippen molar-refractivity contribution in [1.29, 1.82) is 0 Å².